The number of para-hydroxylation sites is 1. The number of ether oxygens (including phenoxy) is 2. The highest BCUT2D eigenvalue weighted by Crippen LogP contribution is 2.43. The predicted molar refractivity (Wildman–Crippen MR) is 158 cm³/mol. The SMILES string of the molecule is CC[C@H](C)Oc1c(OC)cc(C=Nn2c(-c3cc4cc(Cl)ccc4o3)nc3ccccc3c2=O)c(Br)c1Br. The smallest absolute Gasteiger partial charge is 0.282 e. The van der Waals surface area contributed by atoms with Crippen LogP contribution in [0.4, 0.5) is 0 Å². The number of halogens is 3. The van der Waals surface area contributed by atoms with Crippen molar-refractivity contribution in [1.82, 2.24) is 9.66 Å². The highest BCUT2D eigenvalue weighted by atomic mass is 79.9. The van der Waals surface area contributed by atoms with E-state index in [-0.39, 0.29) is 17.5 Å². The van der Waals surface area contributed by atoms with Crippen molar-refractivity contribution in [2.24, 2.45) is 5.10 Å². The predicted octanol–water partition coefficient (Wildman–Crippen LogP) is 8.06. The molecular formula is C28H22Br2ClN3O4. The molecule has 2 heterocycles. The van der Waals surface area contributed by atoms with Crippen molar-refractivity contribution >= 4 is 71.5 Å². The number of benzene rings is 3. The summed E-state index contributed by atoms with van der Waals surface area (Å²) < 4.78 is 20.3. The van der Waals surface area contributed by atoms with Gasteiger partial charge in [0, 0.05) is 20.4 Å². The Balaban J connectivity index is 1.67. The van der Waals surface area contributed by atoms with Crippen molar-refractivity contribution < 1.29 is 13.9 Å². The second-order valence-corrected chi connectivity index (χ2v) is 10.6. The third kappa shape index (κ3) is 4.98. The van der Waals surface area contributed by atoms with E-state index >= 15 is 0 Å². The van der Waals surface area contributed by atoms with Gasteiger partial charge in [-0.3, -0.25) is 4.79 Å². The molecule has 38 heavy (non-hydrogen) atoms. The second-order valence-electron chi connectivity index (χ2n) is 8.57. The summed E-state index contributed by atoms with van der Waals surface area (Å²) in [7, 11) is 1.57. The van der Waals surface area contributed by atoms with Gasteiger partial charge in [-0.1, -0.05) is 30.7 Å². The first kappa shape index (κ1) is 26.5. The first-order valence-corrected chi connectivity index (χ1v) is 13.7. The van der Waals surface area contributed by atoms with Gasteiger partial charge >= 0.3 is 0 Å². The zero-order valence-electron chi connectivity index (χ0n) is 20.7. The van der Waals surface area contributed by atoms with E-state index in [0.29, 0.717) is 53.3 Å². The molecule has 1 atom stereocenters. The van der Waals surface area contributed by atoms with Crippen molar-refractivity contribution in [3.05, 3.63) is 84.5 Å². The Hall–Kier alpha value is -3.14. The summed E-state index contributed by atoms with van der Waals surface area (Å²) in [5.74, 6) is 1.76. The van der Waals surface area contributed by atoms with Crippen molar-refractivity contribution in [3.8, 4) is 23.1 Å². The summed E-state index contributed by atoms with van der Waals surface area (Å²) in [6.07, 6.45) is 2.39. The molecule has 5 rings (SSSR count). The number of hydrogen-bond donors (Lipinski definition) is 0. The molecule has 0 saturated heterocycles. The fourth-order valence-corrected chi connectivity index (χ4v) is 4.97. The van der Waals surface area contributed by atoms with Gasteiger partial charge < -0.3 is 13.9 Å². The third-order valence-corrected chi connectivity index (χ3v) is 8.41. The Kier molecular flexibility index (Phi) is 7.61. The number of hydrogen-bond acceptors (Lipinski definition) is 6. The van der Waals surface area contributed by atoms with E-state index in [1.807, 2.05) is 19.9 Å². The van der Waals surface area contributed by atoms with Gasteiger partial charge in [-0.25, -0.2) is 4.98 Å². The minimum absolute atomic E-state index is 0.00452. The summed E-state index contributed by atoms with van der Waals surface area (Å²) in [6.45, 7) is 4.03. The summed E-state index contributed by atoms with van der Waals surface area (Å²) in [4.78, 5) is 18.3. The van der Waals surface area contributed by atoms with Gasteiger partial charge in [0.2, 0.25) is 5.82 Å². The summed E-state index contributed by atoms with van der Waals surface area (Å²) in [5, 5.41) is 6.36. The number of furan rings is 1. The molecule has 0 radical (unpaired) electrons. The molecule has 0 N–H and O–H groups in total. The lowest BCUT2D eigenvalue weighted by Gasteiger charge is -2.18. The Morgan fingerprint density at radius 3 is 2.71 bits per heavy atom. The minimum atomic E-state index is -0.334. The van der Waals surface area contributed by atoms with E-state index in [0.717, 1.165) is 11.8 Å². The average molecular weight is 660 g/mol. The van der Waals surface area contributed by atoms with Crippen LogP contribution in [0.25, 0.3) is 33.5 Å². The maximum absolute atomic E-state index is 13.6. The molecule has 0 aliphatic carbocycles. The van der Waals surface area contributed by atoms with Crippen molar-refractivity contribution in [3.63, 3.8) is 0 Å². The largest absolute Gasteiger partial charge is 0.493 e. The lowest BCUT2D eigenvalue weighted by atomic mass is 10.2. The number of aromatic nitrogens is 2. The standard InChI is InChI=1S/C28H22Br2ClN3O4/c1-4-15(2)37-26-22(36-3)13-17(24(29)25(26)30)14-32-34-27(33-20-8-6-5-7-19(20)28(34)35)23-12-16-11-18(31)9-10-21(16)38-23/h5-15H,4H2,1-3H3/t15-/m0/s1. The van der Waals surface area contributed by atoms with E-state index < -0.39 is 0 Å². The molecule has 0 fully saturated rings. The molecular weight excluding hydrogens is 638 g/mol. The summed E-state index contributed by atoms with van der Waals surface area (Å²) >= 11 is 13.4. The fourth-order valence-electron chi connectivity index (χ4n) is 3.88. The lowest BCUT2D eigenvalue weighted by Crippen LogP contribution is -2.20. The van der Waals surface area contributed by atoms with E-state index in [1.54, 1.807) is 61.9 Å². The first-order chi connectivity index (χ1) is 18.3. The maximum atomic E-state index is 13.6. The first-order valence-electron chi connectivity index (χ1n) is 11.8. The maximum Gasteiger partial charge on any atom is 0.282 e. The lowest BCUT2D eigenvalue weighted by molar-refractivity contribution is 0.206. The second kappa shape index (κ2) is 10.9. The van der Waals surface area contributed by atoms with Crippen LogP contribution in [0.1, 0.15) is 25.8 Å². The zero-order chi connectivity index (χ0) is 27.0. The Morgan fingerprint density at radius 1 is 1.16 bits per heavy atom. The average Bonchev–Trinajstić information content (AvgIpc) is 3.34. The van der Waals surface area contributed by atoms with Crippen LogP contribution in [0.5, 0.6) is 11.5 Å². The summed E-state index contributed by atoms with van der Waals surface area (Å²) in [5.41, 5.74) is 1.48. The molecule has 10 heteroatoms. The molecule has 0 aliphatic rings. The van der Waals surface area contributed by atoms with Crippen LogP contribution in [-0.2, 0) is 0 Å². The molecule has 0 spiro atoms. The van der Waals surface area contributed by atoms with Crippen molar-refractivity contribution in [2.75, 3.05) is 7.11 Å². The molecule has 0 aliphatic heterocycles. The van der Waals surface area contributed by atoms with E-state index in [1.165, 1.54) is 4.68 Å². The number of methoxy groups -OCH3 is 1. The van der Waals surface area contributed by atoms with Gasteiger partial charge in [-0.15, -0.1) is 0 Å². The van der Waals surface area contributed by atoms with Crippen molar-refractivity contribution in [1.29, 1.82) is 0 Å². The number of fused-ring (bicyclic) bond motifs is 2. The van der Waals surface area contributed by atoms with Gasteiger partial charge in [-0.05, 0) is 87.7 Å². The van der Waals surface area contributed by atoms with Crippen LogP contribution >= 0.6 is 43.5 Å². The van der Waals surface area contributed by atoms with Crippen LogP contribution in [-0.4, -0.2) is 29.1 Å². The van der Waals surface area contributed by atoms with Crippen LogP contribution in [0, 0.1) is 0 Å². The molecule has 2 aromatic heterocycles. The van der Waals surface area contributed by atoms with Crippen LogP contribution in [0.2, 0.25) is 5.02 Å². The Bertz CT molecular complexity index is 1760. The number of nitrogens with zero attached hydrogens (tertiary/aromatic N) is 3. The van der Waals surface area contributed by atoms with Gasteiger partial charge in [-0.2, -0.15) is 9.78 Å². The third-order valence-electron chi connectivity index (χ3n) is 6.03. The van der Waals surface area contributed by atoms with Gasteiger partial charge in [0.05, 0.1) is 34.8 Å². The normalized spacial score (nSPS) is 12.5. The molecule has 0 amide bonds. The van der Waals surface area contributed by atoms with Crippen molar-refractivity contribution in [2.45, 2.75) is 26.4 Å². The van der Waals surface area contributed by atoms with Gasteiger partial charge in [0.1, 0.15) is 5.58 Å². The molecule has 5 aromatic rings. The topological polar surface area (TPSA) is 78.8 Å². The van der Waals surface area contributed by atoms with Crippen LogP contribution in [0.15, 0.2) is 77.9 Å². The minimum Gasteiger partial charge on any atom is -0.493 e. The highest BCUT2D eigenvalue weighted by molar-refractivity contribution is 9.13. The fraction of sp³-hybridized carbons (Fsp3) is 0.179. The Morgan fingerprint density at radius 2 is 1.95 bits per heavy atom. The Labute approximate surface area is 240 Å². The van der Waals surface area contributed by atoms with E-state index in [4.69, 9.17) is 30.5 Å². The quantitative estimate of drug-likeness (QED) is 0.165. The number of rotatable bonds is 7. The molecule has 7 nitrogen and oxygen atoms in total. The molecule has 0 unspecified atom stereocenters. The van der Waals surface area contributed by atoms with Gasteiger partial charge in [0.25, 0.3) is 5.56 Å². The highest BCUT2D eigenvalue weighted by Gasteiger charge is 2.20. The molecule has 0 saturated carbocycles. The molecule has 3 aromatic carbocycles. The monoisotopic (exact) mass is 657 g/mol. The van der Waals surface area contributed by atoms with Crippen LogP contribution < -0.4 is 15.0 Å². The van der Waals surface area contributed by atoms with Gasteiger partial charge in [0.15, 0.2) is 17.3 Å². The molecule has 0 bridgehead atoms. The molecule has 194 valence electrons. The van der Waals surface area contributed by atoms with E-state index in [2.05, 4.69) is 37.0 Å². The summed E-state index contributed by atoms with van der Waals surface area (Å²) in [6, 6.07) is 16.0. The zero-order valence-corrected chi connectivity index (χ0v) is 24.6. The van der Waals surface area contributed by atoms with Crippen LogP contribution in [0.3, 0.4) is 0 Å². The van der Waals surface area contributed by atoms with E-state index in [9.17, 15) is 4.79 Å².